The maximum Gasteiger partial charge on any atom is 0.270 e. The molecule has 0 bridgehead atoms. The van der Waals surface area contributed by atoms with Crippen LogP contribution in [0.3, 0.4) is 0 Å². The van der Waals surface area contributed by atoms with E-state index in [1.165, 1.54) is 18.2 Å². The summed E-state index contributed by atoms with van der Waals surface area (Å²) in [6, 6.07) is 13.3. The smallest absolute Gasteiger partial charge is 0.270 e. The van der Waals surface area contributed by atoms with Gasteiger partial charge in [-0.2, -0.15) is 0 Å². The Morgan fingerprint density at radius 2 is 1.88 bits per heavy atom. The molecule has 0 radical (unpaired) electrons. The number of carbonyl (C=O) groups excluding carboxylic acids is 1. The molecule has 3 rings (SSSR count). The van der Waals surface area contributed by atoms with Gasteiger partial charge in [-0.3, -0.25) is 10.1 Å². The number of nitro benzene ring substituents is 1. The molecular formula is C16H11N4O4-. The summed E-state index contributed by atoms with van der Waals surface area (Å²) < 4.78 is 0. The molecule has 8 heteroatoms. The standard InChI is InChI=1S/C16H12N4O4/c21-14(22)9-17-16-18-13-7-6-11(20(23)24)8-12(13)15(19-16)10-4-2-1-3-5-10/h1-8H,9H2,(H,21,22)(H,17,18,19)/p-1. The zero-order valence-electron chi connectivity index (χ0n) is 12.3. The minimum Gasteiger partial charge on any atom is -0.548 e. The molecule has 0 saturated carbocycles. The lowest BCUT2D eigenvalue weighted by Gasteiger charge is -2.10. The van der Waals surface area contributed by atoms with Crippen molar-refractivity contribution in [3.8, 4) is 11.3 Å². The molecule has 2 aromatic carbocycles. The number of nitrogens with one attached hydrogen (secondary N) is 1. The van der Waals surface area contributed by atoms with Crippen LogP contribution in [-0.2, 0) is 4.79 Å². The molecule has 0 amide bonds. The Hall–Kier alpha value is -3.55. The van der Waals surface area contributed by atoms with Crippen molar-refractivity contribution in [3.05, 3.63) is 58.6 Å². The van der Waals surface area contributed by atoms with Crippen molar-refractivity contribution in [3.63, 3.8) is 0 Å². The van der Waals surface area contributed by atoms with Gasteiger partial charge in [-0.25, -0.2) is 9.97 Å². The van der Waals surface area contributed by atoms with Gasteiger partial charge in [-0.15, -0.1) is 0 Å². The van der Waals surface area contributed by atoms with E-state index in [0.717, 1.165) is 5.56 Å². The van der Waals surface area contributed by atoms with Crippen LogP contribution in [0.4, 0.5) is 11.6 Å². The first-order valence-electron chi connectivity index (χ1n) is 7.00. The minimum atomic E-state index is -1.29. The molecule has 0 unspecified atom stereocenters. The quantitative estimate of drug-likeness (QED) is 0.556. The van der Waals surface area contributed by atoms with Crippen LogP contribution < -0.4 is 10.4 Å². The van der Waals surface area contributed by atoms with Gasteiger partial charge in [0.05, 0.1) is 28.6 Å². The van der Waals surface area contributed by atoms with Gasteiger partial charge in [0, 0.05) is 23.1 Å². The highest BCUT2D eigenvalue weighted by Crippen LogP contribution is 2.29. The lowest BCUT2D eigenvalue weighted by Crippen LogP contribution is -2.30. The Morgan fingerprint density at radius 1 is 1.12 bits per heavy atom. The van der Waals surface area contributed by atoms with E-state index in [-0.39, 0.29) is 11.6 Å². The summed E-state index contributed by atoms with van der Waals surface area (Å²) >= 11 is 0. The summed E-state index contributed by atoms with van der Waals surface area (Å²) in [6.07, 6.45) is 0. The van der Waals surface area contributed by atoms with Crippen LogP contribution in [-0.4, -0.2) is 27.4 Å². The van der Waals surface area contributed by atoms with Gasteiger partial charge >= 0.3 is 0 Å². The molecule has 0 atom stereocenters. The number of hydrogen-bond donors (Lipinski definition) is 1. The predicted octanol–water partition coefficient (Wildman–Crippen LogP) is 1.37. The van der Waals surface area contributed by atoms with Gasteiger partial charge in [-0.1, -0.05) is 30.3 Å². The van der Waals surface area contributed by atoms with E-state index >= 15 is 0 Å². The number of aliphatic carboxylic acids is 1. The number of carboxylic acid groups (broad SMARTS) is 1. The molecule has 0 aliphatic heterocycles. The molecule has 120 valence electrons. The van der Waals surface area contributed by atoms with Crippen LogP contribution in [0.5, 0.6) is 0 Å². The summed E-state index contributed by atoms with van der Waals surface area (Å²) in [5.41, 5.74) is 1.61. The molecule has 0 fully saturated rings. The van der Waals surface area contributed by atoms with E-state index < -0.39 is 17.4 Å². The first-order chi connectivity index (χ1) is 11.5. The summed E-state index contributed by atoms with van der Waals surface area (Å²) in [4.78, 5) is 29.6. The highest BCUT2D eigenvalue weighted by molar-refractivity contribution is 5.94. The third kappa shape index (κ3) is 3.12. The van der Waals surface area contributed by atoms with Crippen molar-refractivity contribution in [2.45, 2.75) is 0 Å². The first kappa shape index (κ1) is 15.3. The Kier molecular flexibility index (Phi) is 4.02. The maximum absolute atomic E-state index is 11.0. The highest BCUT2D eigenvalue weighted by Gasteiger charge is 2.14. The second-order valence-corrected chi connectivity index (χ2v) is 4.95. The van der Waals surface area contributed by atoms with Gasteiger partial charge < -0.3 is 15.2 Å². The van der Waals surface area contributed by atoms with Crippen LogP contribution in [0.2, 0.25) is 0 Å². The van der Waals surface area contributed by atoms with Crippen LogP contribution >= 0.6 is 0 Å². The normalized spacial score (nSPS) is 10.5. The second kappa shape index (κ2) is 6.29. The Labute approximate surface area is 135 Å². The van der Waals surface area contributed by atoms with Gasteiger partial charge in [0.15, 0.2) is 0 Å². The largest absolute Gasteiger partial charge is 0.548 e. The van der Waals surface area contributed by atoms with Crippen LogP contribution in [0.15, 0.2) is 48.5 Å². The highest BCUT2D eigenvalue weighted by atomic mass is 16.6. The van der Waals surface area contributed by atoms with E-state index in [0.29, 0.717) is 16.6 Å². The van der Waals surface area contributed by atoms with E-state index in [1.807, 2.05) is 30.3 Å². The summed E-state index contributed by atoms with van der Waals surface area (Å²) in [6.45, 7) is -0.438. The molecule has 0 spiro atoms. The van der Waals surface area contributed by atoms with E-state index in [2.05, 4.69) is 15.3 Å². The van der Waals surface area contributed by atoms with Crippen LogP contribution in [0, 0.1) is 10.1 Å². The zero-order chi connectivity index (χ0) is 17.1. The first-order valence-corrected chi connectivity index (χ1v) is 7.00. The molecule has 1 aromatic heterocycles. The fourth-order valence-electron chi connectivity index (χ4n) is 2.28. The Balaban J connectivity index is 2.20. The van der Waals surface area contributed by atoms with Gasteiger partial charge in [0.25, 0.3) is 5.69 Å². The summed E-state index contributed by atoms with van der Waals surface area (Å²) in [5, 5.41) is 24.7. The molecule has 0 saturated heterocycles. The average molecular weight is 323 g/mol. The van der Waals surface area contributed by atoms with Crippen molar-refractivity contribution in [1.82, 2.24) is 9.97 Å². The molecule has 24 heavy (non-hydrogen) atoms. The van der Waals surface area contributed by atoms with Crippen molar-refractivity contribution < 1.29 is 14.8 Å². The lowest BCUT2D eigenvalue weighted by molar-refractivity contribution is -0.384. The topological polar surface area (TPSA) is 121 Å². The van der Waals surface area contributed by atoms with Gasteiger partial charge in [-0.05, 0) is 6.07 Å². The fraction of sp³-hybridized carbons (Fsp3) is 0.0625. The number of carboxylic acids is 1. The molecule has 1 heterocycles. The number of anilines is 1. The predicted molar refractivity (Wildman–Crippen MR) is 85.1 cm³/mol. The van der Waals surface area contributed by atoms with Crippen LogP contribution in [0.25, 0.3) is 22.2 Å². The minimum absolute atomic E-state index is 0.0706. The fourth-order valence-corrected chi connectivity index (χ4v) is 2.28. The third-order valence-corrected chi connectivity index (χ3v) is 3.33. The monoisotopic (exact) mass is 323 g/mol. The lowest BCUT2D eigenvalue weighted by atomic mass is 10.1. The number of hydrogen-bond acceptors (Lipinski definition) is 7. The number of fused-ring (bicyclic) bond motifs is 1. The zero-order valence-corrected chi connectivity index (χ0v) is 12.3. The van der Waals surface area contributed by atoms with E-state index in [9.17, 15) is 20.0 Å². The van der Waals surface area contributed by atoms with Crippen molar-refractivity contribution in [1.29, 1.82) is 0 Å². The van der Waals surface area contributed by atoms with Crippen molar-refractivity contribution in [2.24, 2.45) is 0 Å². The number of aromatic nitrogens is 2. The SMILES string of the molecule is O=C([O-])CNc1nc(-c2ccccc2)c2cc([N+](=O)[O-])ccc2n1. The second-order valence-electron chi connectivity index (χ2n) is 4.95. The Morgan fingerprint density at radius 3 is 2.54 bits per heavy atom. The van der Waals surface area contributed by atoms with Crippen molar-refractivity contribution >= 4 is 28.5 Å². The summed E-state index contributed by atoms with van der Waals surface area (Å²) in [7, 11) is 0. The number of non-ortho nitro benzene ring substituents is 1. The number of benzene rings is 2. The van der Waals surface area contributed by atoms with Crippen molar-refractivity contribution in [2.75, 3.05) is 11.9 Å². The number of carbonyl (C=O) groups is 1. The molecule has 8 nitrogen and oxygen atoms in total. The Bertz CT molecular complexity index is 928. The van der Waals surface area contributed by atoms with Gasteiger partial charge in [0.2, 0.25) is 5.95 Å². The number of nitrogens with zero attached hydrogens (tertiary/aromatic N) is 3. The maximum atomic E-state index is 11.0. The molecule has 3 aromatic rings. The van der Waals surface area contributed by atoms with E-state index in [1.54, 1.807) is 0 Å². The number of nitro groups is 1. The molecule has 0 aliphatic carbocycles. The summed E-state index contributed by atoms with van der Waals surface area (Å²) in [5.74, 6) is -1.18. The van der Waals surface area contributed by atoms with E-state index in [4.69, 9.17) is 0 Å². The average Bonchev–Trinajstić information content (AvgIpc) is 2.59. The molecular weight excluding hydrogens is 312 g/mol. The number of rotatable bonds is 5. The molecule has 1 N–H and O–H groups in total. The van der Waals surface area contributed by atoms with Gasteiger partial charge in [0.1, 0.15) is 0 Å². The molecule has 0 aliphatic rings. The van der Waals surface area contributed by atoms with Crippen LogP contribution in [0.1, 0.15) is 0 Å². The third-order valence-electron chi connectivity index (χ3n) is 3.33.